The van der Waals surface area contributed by atoms with Crippen LogP contribution in [0.1, 0.15) is 0 Å². The van der Waals surface area contributed by atoms with Crippen LogP contribution in [0.4, 0.5) is 5.69 Å². The van der Waals surface area contributed by atoms with Gasteiger partial charge >= 0.3 is 0 Å². The number of hydrogen-bond donors (Lipinski definition) is 3. The lowest BCUT2D eigenvalue weighted by atomic mass is 10.3. The summed E-state index contributed by atoms with van der Waals surface area (Å²) in [5, 5.41) is 32.1. The van der Waals surface area contributed by atoms with Crippen LogP contribution in [0, 0.1) is 22.7 Å². The fraction of sp³-hybridized carbons (Fsp3) is 0.167. The Morgan fingerprint density at radius 3 is 2.35 bits per heavy atom. The number of nitriles is 2. The number of benzene rings is 1. The molecular formula is C12H12N4O. The third-order valence-electron chi connectivity index (χ3n) is 1.93. The molecule has 0 radical (unpaired) electrons. The molecule has 0 spiro atoms. The molecule has 0 aliphatic rings. The van der Waals surface area contributed by atoms with Crippen LogP contribution in [0.2, 0.25) is 0 Å². The zero-order chi connectivity index (χ0) is 12.5. The molecule has 0 fully saturated rings. The van der Waals surface area contributed by atoms with E-state index in [9.17, 15) is 0 Å². The second kappa shape index (κ2) is 6.89. The minimum atomic E-state index is -0.0793. The van der Waals surface area contributed by atoms with E-state index in [1.807, 2.05) is 30.3 Å². The van der Waals surface area contributed by atoms with E-state index in [1.165, 1.54) is 0 Å². The van der Waals surface area contributed by atoms with Gasteiger partial charge in [0.05, 0.1) is 6.61 Å². The Morgan fingerprint density at radius 2 is 1.82 bits per heavy atom. The zero-order valence-electron chi connectivity index (χ0n) is 9.14. The quantitative estimate of drug-likeness (QED) is 0.652. The summed E-state index contributed by atoms with van der Waals surface area (Å²) >= 11 is 0. The maximum atomic E-state index is 8.80. The fourth-order valence-electron chi connectivity index (χ4n) is 1.18. The smallest absolute Gasteiger partial charge is 0.169 e. The molecule has 0 heterocycles. The van der Waals surface area contributed by atoms with E-state index < -0.39 is 0 Å². The molecule has 17 heavy (non-hydrogen) atoms. The number of anilines is 1. The van der Waals surface area contributed by atoms with Gasteiger partial charge in [-0.2, -0.15) is 10.5 Å². The Kier molecular flexibility index (Phi) is 5.09. The van der Waals surface area contributed by atoms with Crippen LogP contribution < -0.4 is 10.6 Å². The highest BCUT2D eigenvalue weighted by Crippen LogP contribution is 2.09. The molecule has 5 nitrogen and oxygen atoms in total. The van der Waals surface area contributed by atoms with E-state index >= 15 is 0 Å². The van der Waals surface area contributed by atoms with Crippen molar-refractivity contribution in [1.82, 2.24) is 5.32 Å². The molecule has 1 aromatic rings. The Bertz CT molecular complexity index is 452. The first-order chi connectivity index (χ1) is 8.31. The molecule has 1 aromatic carbocycles. The predicted molar refractivity (Wildman–Crippen MR) is 63.4 cm³/mol. The molecule has 0 saturated heterocycles. The monoisotopic (exact) mass is 228 g/mol. The van der Waals surface area contributed by atoms with Crippen molar-refractivity contribution in [3.05, 3.63) is 41.7 Å². The lowest BCUT2D eigenvalue weighted by Crippen LogP contribution is -2.24. The largest absolute Gasteiger partial charge is 0.395 e. The molecule has 0 unspecified atom stereocenters. The standard InChI is InChI=1S/C12H12N4O/c13-8-10(9-14)12(15-6-7-17)16-11-4-2-1-3-5-11/h1-5,15-17H,6-7H2. The SMILES string of the molecule is N#CC(C#N)=C(NCCO)Nc1ccccc1. The topological polar surface area (TPSA) is 91.9 Å². The summed E-state index contributed by atoms with van der Waals surface area (Å²) in [7, 11) is 0. The first-order valence-corrected chi connectivity index (χ1v) is 5.03. The average molecular weight is 228 g/mol. The molecule has 0 saturated carbocycles. The number of nitrogens with one attached hydrogen (secondary N) is 2. The van der Waals surface area contributed by atoms with Crippen molar-refractivity contribution >= 4 is 5.69 Å². The summed E-state index contributed by atoms with van der Waals surface area (Å²) in [4.78, 5) is 0. The van der Waals surface area contributed by atoms with E-state index in [1.54, 1.807) is 12.1 Å². The van der Waals surface area contributed by atoms with Gasteiger partial charge < -0.3 is 15.7 Å². The van der Waals surface area contributed by atoms with Gasteiger partial charge in [0.2, 0.25) is 0 Å². The van der Waals surface area contributed by atoms with Crippen molar-refractivity contribution in [2.45, 2.75) is 0 Å². The first kappa shape index (κ1) is 12.6. The highest BCUT2D eigenvalue weighted by Gasteiger charge is 2.05. The molecule has 1 rings (SSSR count). The van der Waals surface area contributed by atoms with Crippen molar-refractivity contribution < 1.29 is 5.11 Å². The predicted octanol–water partition coefficient (Wildman–Crippen LogP) is 0.939. The normalized spacial score (nSPS) is 8.65. The molecule has 0 aliphatic heterocycles. The molecule has 0 amide bonds. The number of nitrogens with zero attached hydrogens (tertiary/aromatic N) is 2. The van der Waals surface area contributed by atoms with Crippen LogP contribution in [-0.2, 0) is 0 Å². The highest BCUT2D eigenvalue weighted by atomic mass is 16.3. The lowest BCUT2D eigenvalue weighted by molar-refractivity contribution is 0.297. The van der Waals surface area contributed by atoms with Crippen molar-refractivity contribution in [1.29, 1.82) is 10.5 Å². The Hall–Kier alpha value is -2.50. The molecule has 5 heteroatoms. The van der Waals surface area contributed by atoms with Crippen LogP contribution in [0.3, 0.4) is 0 Å². The number of hydrogen-bond acceptors (Lipinski definition) is 5. The summed E-state index contributed by atoms with van der Waals surface area (Å²) in [6.45, 7) is 0.187. The molecule has 0 bridgehead atoms. The van der Waals surface area contributed by atoms with Gasteiger partial charge in [0.25, 0.3) is 0 Å². The second-order valence-electron chi connectivity index (χ2n) is 3.12. The van der Waals surface area contributed by atoms with E-state index in [2.05, 4.69) is 10.6 Å². The Labute approximate surface area is 99.6 Å². The van der Waals surface area contributed by atoms with Crippen LogP contribution in [0.25, 0.3) is 0 Å². The summed E-state index contributed by atoms with van der Waals surface area (Å²) in [6, 6.07) is 12.8. The number of para-hydroxylation sites is 1. The summed E-state index contributed by atoms with van der Waals surface area (Å²) in [6.07, 6.45) is 0. The molecule has 0 aliphatic carbocycles. The van der Waals surface area contributed by atoms with Gasteiger partial charge in [-0.25, -0.2) is 0 Å². The van der Waals surface area contributed by atoms with Crippen LogP contribution in [0.15, 0.2) is 41.7 Å². The average Bonchev–Trinajstić information content (AvgIpc) is 2.38. The van der Waals surface area contributed by atoms with Gasteiger partial charge in [0, 0.05) is 12.2 Å². The van der Waals surface area contributed by atoms with E-state index in [0.717, 1.165) is 5.69 Å². The molecular weight excluding hydrogens is 216 g/mol. The highest BCUT2D eigenvalue weighted by molar-refractivity contribution is 5.52. The molecule has 0 aromatic heterocycles. The van der Waals surface area contributed by atoms with Gasteiger partial charge in [0.1, 0.15) is 18.0 Å². The van der Waals surface area contributed by atoms with Gasteiger partial charge in [-0.05, 0) is 12.1 Å². The van der Waals surface area contributed by atoms with Crippen molar-refractivity contribution in [3.8, 4) is 12.1 Å². The summed E-state index contributed by atoms with van der Waals surface area (Å²) in [5.74, 6) is 0.301. The fourth-order valence-corrected chi connectivity index (χ4v) is 1.18. The summed E-state index contributed by atoms with van der Waals surface area (Å²) < 4.78 is 0. The van der Waals surface area contributed by atoms with E-state index in [4.69, 9.17) is 15.6 Å². The third kappa shape index (κ3) is 3.86. The third-order valence-corrected chi connectivity index (χ3v) is 1.93. The van der Waals surface area contributed by atoms with Gasteiger partial charge in [-0.1, -0.05) is 18.2 Å². The lowest BCUT2D eigenvalue weighted by Gasteiger charge is -2.12. The second-order valence-corrected chi connectivity index (χ2v) is 3.12. The zero-order valence-corrected chi connectivity index (χ0v) is 9.14. The maximum absolute atomic E-state index is 8.80. The number of aliphatic hydroxyl groups is 1. The Balaban J connectivity index is 2.90. The Morgan fingerprint density at radius 1 is 1.18 bits per heavy atom. The number of rotatable bonds is 5. The van der Waals surface area contributed by atoms with Gasteiger partial charge in [-0.3, -0.25) is 0 Å². The van der Waals surface area contributed by atoms with E-state index in [0.29, 0.717) is 5.82 Å². The molecule has 86 valence electrons. The first-order valence-electron chi connectivity index (χ1n) is 5.03. The van der Waals surface area contributed by atoms with Crippen LogP contribution in [-0.4, -0.2) is 18.3 Å². The van der Waals surface area contributed by atoms with Crippen molar-refractivity contribution in [2.24, 2.45) is 0 Å². The van der Waals surface area contributed by atoms with Crippen LogP contribution in [0.5, 0.6) is 0 Å². The summed E-state index contributed by atoms with van der Waals surface area (Å²) in [5.41, 5.74) is 0.707. The molecule has 3 N–H and O–H groups in total. The van der Waals surface area contributed by atoms with E-state index in [-0.39, 0.29) is 18.7 Å². The van der Waals surface area contributed by atoms with Crippen molar-refractivity contribution in [3.63, 3.8) is 0 Å². The maximum Gasteiger partial charge on any atom is 0.169 e. The number of aliphatic hydroxyl groups excluding tert-OH is 1. The van der Waals surface area contributed by atoms with Crippen LogP contribution >= 0.6 is 0 Å². The molecule has 0 atom stereocenters. The number of allylic oxidation sites excluding steroid dienone is 1. The van der Waals surface area contributed by atoms with Crippen molar-refractivity contribution in [2.75, 3.05) is 18.5 Å². The minimum Gasteiger partial charge on any atom is -0.395 e. The van der Waals surface area contributed by atoms with Gasteiger partial charge in [-0.15, -0.1) is 0 Å². The van der Waals surface area contributed by atoms with Gasteiger partial charge in [0.15, 0.2) is 5.57 Å². The minimum absolute atomic E-state index is 0.0534.